The number of hydrogen-bond acceptors (Lipinski definition) is 8. The summed E-state index contributed by atoms with van der Waals surface area (Å²) in [6.45, 7) is 5.88. The number of amides is 2. The maximum atomic E-state index is 13.0. The molecule has 1 aromatic rings. The second kappa shape index (κ2) is 8.18. The van der Waals surface area contributed by atoms with E-state index in [0.29, 0.717) is 29.0 Å². The predicted octanol–water partition coefficient (Wildman–Crippen LogP) is 1.43. The molecule has 10 nitrogen and oxygen atoms in total. The second-order valence-corrected chi connectivity index (χ2v) is 9.35. The molecule has 0 unspecified atom stereocenters. The Hall–Kier alpha value is -3.40. The number of benzene rings is 1. The smallest absolute Gasteiger partial charge is 0.358 e. The highest BCUT2D eigenvalue weighted by Crippen LogP contribution is 2.48. The fourth-order valence-corrected chi connectivity index (χ4v) is 4.21. The van der Waals surface area contributed by atoms with Crippen LogP contribution in [0.4, 0.5) is 5.69 Å². The van der Waals surface area contributed by atoms with Gasteiger partial charge in [0, 0.05) is 0 Å². The number of fused-ring (bicyclic) bond motifs is 2. The van der Waals surface area contributed by atoms with Crippen molar-refractivity contribution in [3.63, 3.8) is 0 Å². The fraction of sp³-hybridized carbons (Fsp3) is 0.478. The SMILES string of the molecule is C[C@@H](O)[C@H]1C(=O)N2C(C(=O)OCOC(=O)C(C)(C)C)=C(c3ccc4c(c3)NC(=O)CO4)C[C@H]12. The van der Waals surface area contributed by atoms with Gasteiger partial charge in [0.2, 0.25) is 12.7 Å². The molecule has 33 heavy (non-hydrogen) atoms. The van der Waals surface area contributed by atoms with Crippen molar-refractivity contribution in [2.24, 2.45) is 11.3 Å². The Morgan fingerprint density at radius 1 is 1.27 bits per heavy atom. The minimum absolute atomic E-state index is 0.0386. The van der Waals surface area contributed by atoms with Crippen molar-refractivity contribution in [3.05, 3.63) is 29.5 Å². The highest BCUT2D eigenvalue weighted by atomic mass is 16.7. The van der Waals surface area contributed by atoms with Gasteiger partial charge < -0.3 is 29.5 Å². The zero-order valence-corrected chi connectivity index (χ0v) is 18.8. The summed E-state index contributed by atoms with van der Waals surface area (Å²) in [5.74, 6) is -2.16. The number of aliphatic hydroxyl groups excluding tert-OH is 1. The van der Waals surface area contributed by atoms with Crippen molar-refractivity contribution >= 4 is 35.0 Å². The zero-order chi connectivity index (χ0) is 24.1. The highest BCUT2D eigenvalue weighted by Gasteiger charge is 2.57. The number of aliphatic hydroxyl groups is 1. The van der Waals surface area contributed by atoms with Crippen molar-refractivity contribution in [3.8, 4) is 5.75 Å². The average molecular weight is 458 g/mol. The van der Waals surface area contributed by atoms with Gasteiger partial charge in [-0.1, -0.05) is 6.07 Å². The summed E-state index contributed by atoms with van der Waals surface area (Å²) in [5, 5.41) is 12.8. The van der Waals surface area contributed by atoms with Crippen molar-refractivity contribution in [2.75, 3.05) is 18.7 Å². The van der Waals surface area contributed by atoms with Gasteiger partial charge in [0.25, 0.3) is 5.91 Å². The summed E-state index contributed by atoms with van der Waals surface area (Å²) < 4.78 is 15.6. The zero-order valence-electron chi connectivity index (χ0n) is 18.8. The highest BCUT2D eigenvalue weighted by molar-refractivity contribution is 6.07. The number of nitrogens with one attached hydrogen (secondary N) is 1. The minimum atomic E-state index is -0.876. The fourth-order valence-electron chi connectivity index (χ4n) is 4.21. The lowest BCUT2D eigenvalue weighted by atomic mass is 9.82. The lowest BCUT2D eigenvalue weighted by molar-refractivity contribution is -0.175. The van der Waals surface area contributed by atoms with Crippen LogP contribution < -0.4 is 10.1 Å². The van der Waals surface area contributed by atoms with Crippen molar-refractivity contribution in [1.29, 1.82) is 0 Å². The molecule has 0 bridgehead atoms. The van der Waals surface area contributed by atoms with Crippen LogP contribution in [0.1, 0.15) is 39.7 Å². The van der Waals surface area contributed by atoms with E-state index in [-0.39, 0.29) is 24.1 Å². The monoisotopic (exact) mass is 458 g/mol. The van der Waals surface area contributed by atoms with E-state index in [1.807, 2.05) is 0 Å². The van der Waals surface area contributed by atoms with Gasteiger partial charge in [-0.05, 0) is 57.4 Å². The largest absolute Gasteiger partial charge is 0.482 e. The molecule has 1 fully saturated rings. The van der Waals surface area contributed by atoms with Crippen LogP contribution in [0.5, 0.6) is 5.75 Å². The topological polar surface area (TPSA) is 131 Å². The van der Waals surface area contributed by atoms with E-state index < -0.39 is 42.2 Å². The van der Waals surface area contributed by atoms with E-state index in [0.717, 1.165) is 0 Å². The quantitative estimate of drug-likeness (QED) is 0.385. The summed E-state index contributed by atoms with van der Waals surface area (Å²) in [6, 6.07) is 4.68. The molecule has 4 rings (SSSR count). The van der Waals surface area contributed by atoms with Crippen LogP contribution in [0.3, 0.4) is 0 Å². The molecule has 2 N–H and O–H groups in total. The molecule has 0 radical (unpaired) electrons. The first-order valence-corrected chi connectivity index (χ1v) is 10.6. The number of anilines is 1. The molecular formula is C23H26N2O8. The Balaban J connectivity index is 1.62. The first kappa shape index (κ1) is 22.8. The van der Waals surface area contributed by atoms with Crippen LogP contribution in [-0.4, -0.2) is 59.3 Å². The summed E-state index contributed by atoms with van der Waals surface area (Å²) in [6.07, 6.45) is -0.555. The molecule has 3 heterocycles. The van der Waals surface area contributed by atoms with Gasteiger partial charge in [0.15, 0.2) is 6.61 Å². The molecule has 176 valence electrons. The first-order valence-electron chi connectivity index (χ1n) is 10.6. The Morgan fingerprint density at radius 3 is 2.67 bits per heavy atom. The van der Waals surface area contributed by atoms with Gasteiger partial charge in [-0.3, -0.25) is 14.4 Å². The van der Waals surface area contributed by atoms with Crippen LogP contribution in [0.2, 0.25) is 0 Å². The van der Waals surface area contributed by atoms with E-state index in [2.05, 4.69) is 5.32 Å². The Labute approximate surface area is 190 Å². The lowest BCUT2D eigenvalue weighted by Crippen LogP contribution is -2.61. The number of β-lactam (4-membered cyclic amide) rings is 1. The van der Waals surface area contributed by atoms with Gasteiger partial charge in [-0.15, -0.1) is 0 Å². The molecule has 1 aromatic carbocycles. The Morgan fingerprint density at radius 2 is 2.00 bits per heavy atom. The first-order chi connectivity index (χ1) is 15.5. The summed E-state index contributed by atoms with van der Waals surface area (Å²) in [5.41, 5.74) is 0.867. The molecule has 0 aromatic heterocycles. The summed E-state index contributed by atoms with van der Waals surface area (Å²) >= 11 is 0. The maximum Gasteiger partial charge on any atom is 0.358 e. The van der Waals surface area contributed by atoms with E-state index in [4.69, 9.17) is 14.2 Å². The maximum absolute atomic E-state index is 13.0. The van der Waals surface area contributed by atoms with E-state index in [1.165, 1.54) is 11.8 Å². The molecule has 3 atom stereocenters. The van der Waals surface area contributed by atoms with Gasteiger partial charge in [0.05, 0.1) is 29.2 Å². The number of carbonyl (C=O) groups excluding carboxylic acids is 4. The lowest BCUT2D eigenvalue weighted by Gasteiger charge is -2.44. The molecule has 3 aliphatic heterocycles. The van der Waals surface area contributed by atoms with Crippen LogP contribution >= 0.6 is 0 Å². The molecule has 10 heteroatoms. The van der Waals surface area contributed by atoms with Crippen LogP contribution in [0, 0.1) is 11.3 Å². The number of nitrogens with zero attached hydrogens (tertiary/aromatic N) is 1. The molecule has 0 spiro atoms. The van der Waals surface area contributed by atoms with E-state index >= 15 is 0 Å². The van der Waals surface area contributed by atoms with Gasteiger partial charge >= 0.3 is 11.9 Å². The average Bonchev–Trinajstić information content (AvgIpc) is 3.07. The number of hydrogen-bond donors (Lipinski definition) is 2. The molecule has 0 saturated carbocycles. The van der Waals surface area contributed by atoms with E-state index in [9.17, 15) is 24.3 Å². The predicted molar refractivity (Wildman–Crippen MR) is 114 cm³/mol. The van der Waals surface area contributed by atoms with Crippen molar-refractivity contribution in [2.45, 2.75) is 46.3 Å². The minimum Gasteiger partial charge on any atom is -0.482 e. The Bertz CT molecular complexity index is 1070. The molecule has 3 aliphatic rings. The second-order valence-electron chi connectivity index (χ2n) is 9.35. The summed E-state index contributed by atoms with van der Waals surface area (Å²) in [4.78, 5) is 50.7. The molecule has 1 saturated heterocycles. The third-order valence-corrected chi connectivity index (χ3v) is 5.88. The number of ether oxygens (including phenoxy) is 3. The third kappa shape index (κ3) is 4.06. The molecule has 0 aliphatic carbocycles. The van der Waals surface area contributed by atoms with Crippen LogP contribution in [-0.2, 0) is 28.7 Å². The van der Waals surface area contributed by atoms with Gasteiger partial charge in [0.1, 0.15) is 11.4 Å². The molecular weight excluding hydrogens is 432 g/mol. The van der Waals surface area contributed by atoms with Crippen LogP contribution in [0.15, 0.2) is 23.9 Å². The standard InChI is InChI=1S/C23H26N2O8/c1-11(26)18-15-8-13(12-5-6-16-14(7-12)24-17(27)9-31-16)19(25(15)20(18)28)21(29)32-10-33-22(30)23(2,3)4/h5-7,11,15,18,26H,8-10H2,1-4H3,(H,24,27)/t11-,15-,18-/m1/s1. The van der Waals surface area contributed by atoms with Gasteiger partial charge in [-0.2, -0.15) is 0 Å². The third-order valence-electron chi connectivity index (χ3n) is 5.88. The summed E-state index contributed by atoms with van der Waals surface area (Å²) in [7, 11) is 0. The van der Waals surface area contributed by atoms with Gasteiger partial charge in [-0.25, -0.2) is 4.79 Å². The number of rotatable bonds is 5. The Kier molecular flexibility index (Phi) is 5.65. The van der Waals surface area contributed by atoms with Crippen molar-refractivity contribution in [1.82, 2.24) is 4.90 Å². The van der Waals surface area contributed by atoms with E-state index in [1.54, 1.807) is 39.0 Å². The number of esters is 2. The normalized spacial score (nSPS) is 22.5. The number of carbonyl (C=O) groups is 4. The van der Waals surface area contributed by atoms with Crippen molar-refractivity contribution < 1.29 is 38.5 Å². The molecule has 2 amide bonds. The van der Waals surface area contributed by atoms with Crippen LogP contribution in [0.25, 0.3) is 5.57 Å².